The largest absolute Gasteiger partial charge is 0.481 e. The molecule has 138 valence electrons. The lowest BCUT2D eigenvalue weighted by atomic mass is 10.1. The summed E-state index contributed by atoms with van der Waals surface area (Å²) in [6.45, 7) is 3.15. The van der Waals surface area contributed by atoms with E-state index in [0.29, 0.717) is 31.0 Å². The van der Waals surface area contributed by atoms with Gasteiger partial charge in [-0.3, -0.25) is 9.59 Å². The van der Waals surface area contributed by atoms with E-state index in [4.69, 9.17) is 21.4 Å². The normalized spacial score (nSPS) is 17.3. The maximum absolute atomic E-state index is 12.9. The summed E-state index contributed by atoms with van der Waals surface area (Å²) in [5.74, 6) is -1.19. The number of aromatic nitrogens is 2. The van der Waals surface area contributed by atoms with Gasteiger partial charge in [-0.1, -0.05) is 41.9 Å². The summed E-state index contributed by atoms with van der Waals surface area (Å²) < 4.78 is 7.03. The van der Waals surface area contributed by atoms with Crippen molar-refractivity contribution in [2.45, 2.75) is 26.0 Å². The first-order valence-corrected chi connectivity index (χ1v) is 8.73. The number of hydrogen-bond acceptors (Lipinski definition) is 4. The molecule has 2 heterocycles. The van der Waals surface area contributed by atoms with Crippen LogP contribution in [-0.4, -0.2) is 57.5 Å². The van der Waals surface area contributed by atoms with Gasteiger partial charge in [0.15, 0.2) is 0 Å². The molecule has 8 heteroatoms. The lowest BCUT2D eigenvalue weighted by Gasteiger charge is -2.32. The Bertz CT molecular complexity index is 806. The Morgan fingerprint density at radius 2 is 2.08 bits per heavy atom. The number of carbonyl (C=O) groups is 2. The van der Waals surface area contributed by atoms with Gasteiger partial charge in [0, 0.05) is 13.1 Å². The van der Waals surface area contributed by atoms with Crippen LogP contribution in [0.2, 0.25) is 5.15 Å². The van der Waals surface area contributed by atoms with Gasteiger partial charge in [0.1, 0.15) is 5.15 Å². The van der Waals surface area contributed by atoms with E-state index in [2.05, 4.69) is 5.10 Å². The molecule has 26 heavy (non-hydrogen) atoms. The summed E-state index contributed by atoms with van der Waals surface area (Å²) in [6.07, 6.45) is -0.646. The third-order valence-corrected chi connectivity index (χ3v) is 4.67. The number of halogens is 1. The van der Waals surface area contributed by atoms with Gasteiger partial charge >= 0.3 is 5.97 Å². The minimum atomic E-state index is -0.950. The van der Waals surface area contributed by atoms with E-state index in [0.717, 1.165) is 5.56 Å². The van der Waals surface area contributed by atoms with Crippen molar-refractivity contribution in [3.8, 4) is 0 Å². The number of morpholine rings is 1. The molecule has 1 saturated heterocycles. The molecule has 3 rings (SSSR count). The molecule has 2 aromatic rings. The lowest BCUT2D eigenvalue weighted by Crippen LogP contribution is -2.46. The van der Waals surface area contributed by atoms with Crippen LogP contribution in [0.1, 0.15) is 28.0 Å². The second kappa shape index (κ2) is 7.88. The van der Waals surface area contributed by atoms with Crippen LogP contribution in [0.15, 0.2) is 30.3 Å². The molecule has 0 radical (unpaired) electrons. The Balaban J connectivity index is 1.78. The minimum Gasteiger partial charge on any atom is -0.481 e. The van der Waals surface area contributed by atoms with Gasteiger partial charge in [0.25, 0.3) is 5.91 Å². The van der Waals surface area contributed by atoms with Gasteiger partial charge in [0.05, 0.1) is 36.9 Å². The predicted octanol–water partition coefficient (Wildman–Crippen LogP) is 2.21. The number of amides is 1. The van der Waals surface area contributed by atoms with Crippen LogP contribution in [0, 0.1) is 6.92 Å². The van der Waals surface area contributed by atoms with Crippen molar-refractivity contribution in [3.05, 3.63) is 52.3 Å². The van der Waals surface area contributed by atoms with E-state index >= 15 is 0 Å². The van der Waals surface area contributed by atoms with Crippen molar-refractivity contribution in [2.75, 3.05) is 19.7 Å². The average Bonchev–Trinajstić information content (AvgIpc) is 2.88. The van der Waals surface area contributed by atoms with Gasteiger partial charge in [-0.25, -0.2) is 4.68 Å². The number of carbonyl (C=O) groups excluding carboxylic acids is 1. The number of rotatable bonds is 5. The van der Waals surface area contributed by atoms with Gasteiger partial charge in [-0.2, -0.15) is 5.10 Å². The number of aryl methyl sites for hydroxylation is 1. The summed E-state index contributed by atoms with van der Waals surface area (Å²) >= 11 is 6.44. The summed E-state index contributed by atoms with van der Waals surface area (Å²) in [5, 5.41) is 13.6. The Morgan fingerprint density at radius 3 is 2.77 bits per heavy atom. The lowest BCUT2D eigenvalue weighted by molar-refractivity contribution is -0.141. The molecule has 1 aliphatic heterocycles. The SMILES string of the molecule is Cc1nn(Cc2ccccc2)c(Cl)c1C(=O)N1CCO[C@H](CC(=O)O)C1. The highest BCUT2D eigenvalue weighted by Crippen LogP contribution is 2.24. The third-order valence-electron chi connectivity index (χ3n) is 4.28. The summed E-state index contributed by atoms with van der Waals surface area (Å²) in [7, 11) is 0. The molecule has 0 aliphatic carbocycles. The molecular formula is C18H20ClN3O4. The number of benzene rings is 1. The van der Waals surface area contributed by atoms with E-state index in [1.807, 2.05) is 30.3 Å². The molecule has 1 N–H and O–H groups in total. The Morgan fingerprint density at radius 1 is 1.35 bits per heavy atom. The maximum atomic E-state index is 12.9. The van der Waals surface area contributed by atoms with Crippen molar-refractivity contribution >= 4 is 23.5 Å². The zero-order valence-electron chi connectivity index (χ0n) is 14.4. The van der Waals surface area contributed by atoms with Gasteiger partial charge < -0.3 is 14.7 Å². The van der Waals surface area contributed by atoms with E-state index in [-0.39, 0.29) is 24.0 Å². The van der Waals surface area contributed by atoms with Crippen molar-refractivity contribution in [2.24, 2.45) is 0 Å². The number of hydrogen-bond donors (Lipinski definition) is 1. The number of aliphatic carboxylic acids is 1. The van der Waals surface area contributed by atoms with Gasteiger partial charge in [-0.05, 0) is 12.5 Å². The molecule has 1 atom stereocenters. The quantitative estimate of drug-likeness (QED) is 0.863. The zero-order chi connectivity index (χ0) is 18.7. The number of carboxylic acid groups (broad SMARTS) is 1. The van der Waals surface area contributed by atoms with Crippen LogP contribution < -0.4 is 0 Å². The molecule has 0 unspecified atom stereocenters. The first-order valence-electron chi connectivity index (χ1n) is 8.35. The van der Waals surface area contributed by atoms with Gasteiger partial charge in [0.2, 0.25) is 0 Å². The first-order chi connectivity index (χ1) is 12.5. The third kappa shape index (κ3) is 4.05. The van der Waals surface area contributed by atoms with E-state index in [1.165, 1.54) is 0 Å². The molecule has 1 aromatic carbocycles. The van der Waals surface area contributed by atoms with E-state index in [1.54, 1.807) is 16.5 Å². The molecule has 1 aromatic heterocycles. The van der Waals surface area contributed by atoms with E-state index in [9.17, 15) is 9.59 Å². The highest BCUT2D eigenvalue weighted by molar-refractivity contribution is 6.33. The van der Waals surface area contributed by atoms with Crippen molar-refractivity contribution in [3.63, 3.8) is 0 Å². The van der Waals surface area contributed by atoms with Crippen LogP contribution in [0.25, 0.3) is 0 Å². The van der Waals surface area contributed by atoms with Crippen LogP contribution in [-0.2, 0) is 16.1 Å². The van der Waals surface area contributed by atoms with E-state index < -0.39 is 12.1 Å². The molecule has 0 spiro atoms. The fourth-order valence-electron chi connectivity index (χ4n) is 3.04. The molecule has 0 saturated carbocycles. The molecule has 0 bridgehead atoms. The standard InChI is InChI=1S/C18H20ClN3O4/c1-12-16(17(19)22(20-12)10-13-5-3-2-4-6-13)18(25)21-7-8-26-14(11-21)9-15(23)24/h2-6,14H,7-11H2,1H3,(H,23,24)/t14-/m1/s1. The second-order valence-electron chi connectivity index (χ2n) is 6.24. The molecular weight excluding hydrogens is 358 g/mol. The number of ether oxygens (including phenoxy) is 1. The highest BCUT2D eigenvalue weighted by Gasteiger charge is 2.30. The van der Waals surface area contributed by atoms with Gasteiger partial charge in [-0.15, -0.1) is 0 Å². The monoisotopic (exact) mass is 377 g/mol. The van der Waals surface area contributed by atoms with Crippen LogP contribution in [0.5, 0.6) is 0 Å². The fourth-order valence-corrected chi connectivity index (χ4v) is 3.35. The molecule has 7 nitrogen and oxygen atoms in total. The van der Waals surface area contributed by atoms with Crippen molar-refractivity contribution in [1.29, 1.82) is 0 Å². The molecule has 1 fully saturated rings. The topological polar surface area (TPSA) is 84.7 Å². The summed E-state index contributed by atoms with van der Waals surface area (Å²) in [6, 6.07) is 9.73. The first kappa shape index (κ1) is 18.4. The highest BCUT2D eigenvalue weighted by atomic mass is 35.5. The Kier molecular flexibility index (Phi) is 5.58. The summed E-state index contributed by atoms with van der Waals surface area (Å²) in [5.41, 5.74) is 1.94. The van der Waals surface area contributed by atoms with Crippen LogP contribution in [0.4, 0.5) is 0 Å². The number of carboxylic acids is 1. The maximum Gasteiger partial charge on any atom is 0.306 e. The second-order valence-corrected chi connectivity index (χ2v) is 6.59. The Labute approximate surface area is 156 Å². The average molecular weight is 378 g/mol. The minimum absolute atomic E-state index is 0.135. The molecule has 1 aliphatic rings. The number of nitrogens with zero attached hydrogens (tertiary/aromatic N) is 3. The zero-order valence-corrected chi connectivity index (χ0v) is 15.1. The van der Waals surface area contributed by atoms with Crippen LogP contribution >= 0.6 is 11.6 Å². The smallest absolute Gasteiger partial charge is 0.306 e. The van der Waals surface area contributed by atoms with Crippen molar-refractivity contribution < 1.29 is 19.4 Å². The Hall–Kier alpha value is -2.38. The predicted molar refractivity (Wildman–Crippen MR) is 95.4 cm³/mol. The summed E-state index contributed by atoms with van der Waals surface area (Å²) in [4.78, 5) is 25.4. The van der Waals surface area contributed by atoms with Crippen LogP contribution in [0.3, 0.4) is 0 Å². The molecule has 1 amide bonds. The fraction of sp³-hybridized carbons (Fsp3) is 0.389. The van der Waals surface area contributed by atoms with Crippen molar-refractivity contribution in [1.82, 2.24) is 14.7 Å².